The van der Waals surface area contributed by atoms with Crippen molar-refractivity contribution < 1.29 is 13.9 Å². The van der Waals surface area contributed by atoms with Gasteiger partial charge in [0.25, 0.3) is 0 Å². The van der Waals surface area contributed by atoms with E-state index >= 15 is 0 Å². The minimum absolute atomic E-state index is 0.152. The van der Waals surface area contributed by atoms with Crippen LogP contribution in [0.1, 0.15) is 15.9 Å². The number of carbonyl (C=O) groups excluding carboxylic acids is 1. The third-order valence-corrected chi connectivity index (χ3v) is 3.12. The highest BCUT2D eigenvalue weighted by molar-refractivity contribution is 14.1. The summed E-state index contributed by atoms with van der Waals surface area (Å²) in [6.45, 7) is 0.300. The molecule has 0 bridgehead atoms. The molecule has 0 atom stereocenters. The van der Waals surface area contributed by atoms with Crippen LogP contribution in [-0.4, -0.2) is 6.29 Å². The Bertz CT molecular complexity index is 552. The van der Waals surface area contributed by atoms with Gasteiger partial charge in [0, 0.05) is 9.13 Å². The smallest absolute Gasteiger partial charge is 0.165 e. The van der Waals surface area contributed by atoms with Crippen molar-refractivity contribution in [3.8, 4) is 5.75 Å². The Morgan fingerprint density at radius 1 is 1.17 bits per heavy atom. The van der Waals surface area contributed by atoms with Crippen LogP contribution in [0.2, 0.25) is 0 Å². The topological polar surface area (TPSA) is 26.3 Å². The summed E-state index contributed by atoms with van der Waals surface area (Å²) >= 11 is 2.22. The zero-order chi connectivity index (χ0) is 13.0. The Morgan fingerprint density at radius 2 is 1.89 bits per heavy atom. The number of carbonyl (C=O) groups is 1. The Hall–Kier alpha value is -1.43. The molecule has 0 aromatic heterocycles. The predicted octanol–water partition coefficient (Wildman–Crippen LogP) is 3.82. The molecule has 0 aliphatic carbocycles. The number of rotatable bonds is 4. The van der Waals surface area contributed by atoms with Crippen LogP contribution in [0.25, 0.3) is 0 Å². The Labute approximate surface area is 118 Å². The molecule has 0 amide bonds. The maximum atomic E-state index is 13.5. The normalized spacial score (nSPS) is 10.1. The van der Waals surface area contributed by atoms with Crippen LogP contribution in [0.4, 0.5) is 4.39 Å². The molecule has 0 saturated heterocycles. The molecule has 2 rings (SSSR count). The molecular weight excluding hydrogens is 346 g/mol. The first-order chi connectivity index (χ1) is 8.69. The van der Waals surface area contributed by atoms with E-state index in [4.69, 9.17) is 4.74 Å². The quantitative estimate of drug-likeness (QED) is 0.615. The Balaban J connectivity index is 2.06. The van der Waals surface area contributed by atoms with Crippen LogP contribution in [0.15, 0.2) is 42.5 Å². The third-order valence-electron chi connectivity index (χ3n) is 2.40. The van der Waals surface area contributed by atoms with E-state index in [1.807, 2.05) is 24.3 Å². The molecule has 0 N–H and O–H groups in total. The van der Waals surface area contributed by atoms with E-state index in [2.05, 4.69) is 22.6 Å². The molecular formula is C14H10FIO2. The zero-order valence-corrected chi connectivity index (χ0v) is 11.6. The van der Waals surface area contributed by atoms with Crippen LogP contribution >= 0.6 is 22.6 Å². The fourth-order valence-corrected chi connectivity index (χ4v) is 1.81. The van der Waals surface area contributed by atoms with Crippen molar-refractivity contribution in [3.05, 3.63) is 63.0 Å². The molecule has 0 fully saturated rings. The fourth-order valence-electron chi connectivity index (χ4n) is 1.45. The standard InChI is InChI=1S/C14H10FIO2/c15-13-7-11(8-17)3-6-14(13)18-9-10-1-4-12(16)5-2-10/h1-8H,9H2. The average Bonchev–Trinajstić information content (AvgIpc) is 2.39. The molecule has 2 nitrogen and oxygen atoms in total. The van der Waals surface area contributed by atoms with Crippen molar-refractivity contribution >= 4 is 28.9 Å². The van der Waals surface area contributed by atoms with Crippen LogP contribution in [-0.2, 0) is 6.61 Å². The number of aldehydes is 1. The number of benzene rings is 2. The molecule has 4 heteroatoms. The summed E-state index contributed by atoms with van der Waals surface area (Å²) in [6, 6.07) is 11.9. The second kappa shape index (κ2) is 5.95. The molecule has 2 aromatic carbocycles. The highest BCUT2D eigenvalue weighted by Crippen LogP contribution is 2.19. The second-order valence-electron chi connectivity index (χ2n) is 3.72. The summed E-state index contributed by atoms with van der Waals surface area (Å²) in [6.07, 6.45) is 0.603. The van der Waals surface area contributed by atoms with Gasteiger partial charge in [-0.3, -0.25) is 4.79 Å². The van der Waals surface area contributed by atoms with Gasteiger partial charge < -0.3 is 4.74 Å². The monoisotopic (exact) mass is 356 g/mol. The van der Waals surface area contributed by atoms with E-state index in [0.717, 1.165) is 15.2 Å². The van der Waals surface area contributed by atoms with Crippen molar-refractivity contribution in [2.45, 2.75) is 6.61 Å². The lowest BCUT2D eigenvalue weighted by atomic mass is 10.2. The Morgan fingerprint density at radius 3 is 2.50 bits per heavy atom. The number of halogens is 2. The molecule has 0 aliphatic heterocycles. The minimum atomic E-state index is -0.523. The maximum Gasteiger partial charge on any atom is 0.165 e. The van der Waals surface area contributed by atoms with Crippen LogP contribution in [0.5, 0.6) is 5.75 Å². The van der Waals surface area contributed by atoms with Crippen molar-refractivity contribution in [1.29, 1.82) is 0 Å². The molecule has 0 saturated carbocycles. The van der Waals surface area contributed by atoms with Gasteiger partial charge in [-0.25, -0.2) is 4.39 Å². The van der Waals surface area contributed by atoms with Crippen molar-refractivity contribution in [2.24, 2.45) is 0 Å². The van der Waals surface area contributed by atoms with Crippen LogP contribution in [0.3, 0.4) is 0 Å². The van der Waals surface area contributed by atoms with Gasteiger partial charge in [-0.1, -0.05) is 12.1 Å². The van der Waals surface area contributed by atoms with Gasteiger partial charge in [-0.15, -0.1) is 0 Å². The van der Waals surface area contributed by atoms with Crippen LogP contribution in [0, 0.1) is 9.39 Å². The van der Waals surface area contributed by atoms with E-state index in [1.165, 1.54) is 12.1 Å². The average molecular weight is 356 g/mol. The lowest BCUT2D eigenvalue weighted by molar-refractivity contribution is 0.112. The van der Waals surface area contributed by atoms with E-state index in [-0.39, 0.29) is 5.75 Å². The summed E-state index contributed by atoms with van der Waals surface area (Å²) in [5.74, 6) is -0.371. The molecule has 2 aromatic rings. The molecule has 0 radical (unpaired) electrons. The van der Waals surface area contributed by atoms with E-state index < -0.39 is 5.82 Å². The summed E-state index contributed by atoms with van der Waals surface area (Å²) in [5.41, 5.74) is 1.27. The summed E-state index contributed by atoms with van der Waals surface area (Å²) in [4.78, 5) is 10.5. The van der Waals surface area contributed by atoms with Gasteiger partial charge in [0.05, 0.1) is 0 Å². The Kier molecular flexibility index (Phi) is 4.30. The van der Waals surface area contributed by atoms with Gasteiger partial charge in [0.2, 0.25) is 0 Å². The van der Waals surface area contributed by atoms with Crippen molar-refractivity contribution in [1.82, 2.24) is 0 Å². The van der Waals surface area contributed by atoms with E-state index in [0.29, 0.717) is 18.5 Å². The SMILES string of the molecule is O=Cc1ccc(OCc2ccc(I)cc2)c(F)c1. The van der Waals surface area contributed by atoms with Crippen LogP contribution < -0.4 is 4.74 Å². The lowest BCUT2D eigenvalue weighted by Crippen LogP contribution is -1.98. The molecule has 0 heterocycles. The minimum Gasteiger partial charge on any atom is -0.486 e. The summed E-state index contributed by atoms with van der Waals surface area (Å²) < 4.78 is 20.0. The zero-order valence-electron chi connectivity index (χ0n) is 9.40. The van der Waals surface area contributed by atoms with Crippen molar-refractivity contribution in [3.63, 3.8) is 0 Å². The number of ether oxygens (including phenoxy) is 1. The van der Waals surface area contributed by atoms with Gasteiger partial charge in [-0.2, -0.15) is 0 Å². The van der Waals surface area contributed by atoms with Gasteiger partial charge in [-0.05, 0) is 58.5 Å². The molecule has 0 aliphatic rings. The van der Waals surface area contributed by atoms with E-state index in [9.17, 15) is 9.18 Å². The van der Waals surface area contributed by atoms with Gasteiger partial charge >= 0.3 is 0 Å². The fraction of sp³-hybridized carbons (Fsp3) is 0.0714. The first-order valence-corrected chi connectivity index (χ1v) is 6.39. The van der Waals surface area contributed by atoms with Crippen molar-refractivity contribution in [2.75, 3.05) is 0 Å². The highest BCUT2D eigenvalue weighted by atomic mass is 127. The molecule has 0 spiro atoms. The number of hydrogen-bond donors (Lipinski definition) is 0. The first-order valence-electron chi connectivity index (χ1n) is 5.31. The number of hydrogen-bond acceptors (Lipinski definition) is 2. The molecule has 18 heavy (non-hydrogen) atoms. The lowest BCUT2D eigenvalue weighted by Gasteiger charge is -2.07. The second-order valence-corrected chi connectivity index (χ2v) is 4.97. The maximum absolute atomic E-state index is 13.5. The van der Waals surface area contributed by atoms with Gasteiger partial charge in [0.15, 0.2) is 11.6 Å². The largest absolute Gasteiger partial charge is 0.486 e. The first kappa shape index (κ1) is 13.0. The predicted molar refractivity (Wildman–Crippen MR) is 75.3 cm³/mol. The third kappa shape index (κ3) is 3.29. The summed E-state index contributed by atoms with van der Waals surface area (Å²) in [5, 5.41) is 0. The summed E-state index contributed by atoms with van der Waals surface area (Å²) in [7, 11) is 0. The molecule has 0 unspecified atom stereocenters. The highest BCUT2D eigenvalue weighted by Gasteiger charge is 2.04. The molecule has 92 valence electrons. The van der Waals surface area contributed by atoms with Gasteiger partial charge in [0.1, 0.15) is 12.9 Å². The van der Waals surface area contributed by atoms with E-state index in [1.54, 1.807) is 0 Å².